The first kappa shape index (κ1) is 19.4. The number of nitrogens with one attached hydrogen (secondary N) is 2. The van der Waals surface area contributed by atoms with Crippen LogP contribution in [0.25, 0.3) is 11.4 Å². The summed E-state index contributed by atoms with van der Waals surface area (Å²) in [6.45, 7) is 2.51. The standard InChI is InChI=1S/C17H21FN4O4S/c1-11(15-21-14(22-26-15)12-4-3-5-13(18)10-12)20-16(23)17(27(2,24)25)6-8-19-9-7-17/h3-5,10-11,19H,6-9H2,1-2H3,(H,20,23). The van der Waals surface area contributed by atoms with Crippen molar-refractivity contribution in [3.05, 3.63) is 36.0 Å². The number of rotatable bonds is 5. The molecule has 2 N–H and O–H groups in total. The lowest BCUT2D eigenvalue weighted by Crippen LogP contribution is -2.57. The third-order valence-corrected chi connectivity index (χ3v) is 6.79. The van der Waals surface area contributed by atoms with E-state index in [2.05, 4.69) is 20.8 Å². The van der Waals surface area contributed by atoms with Gasteiger partial charge in [-0.3, -0.25) is 4.79 Å². The third-order valence-electron chi connectivity index (χ3n) is 4.78. The summed E-state index contributed by atoms with van der Waals surface area (Å²) in [6, 6.07) is 5.04. The van der Waals surface area contributed by atoms with Crippen molar-refractivity contribution in [2.75, 3.05) is 19.3 Å². The van der Waals surface area contributed by atoms with Crippen LogP contribution in [0, 0.1) is 5.82 Å². The van der Waals surface area contributed by atoms with Crippen molar-refractivity contribution >= 4 is 15.7 Å². The molecule has 1 aliphatic rings. The fourth-order valence-electron chi connectivity index (χ4n) is 3.14. The van der Waals surface area contributed by atoms with Gasteiger partial charge in [-0.15, -0.1) is 0 Å². The summed E-state index contributed by atoms with van der Waals surface area (Å²) in [7, 11) is -3.62. The number of nitrogens with zero attached hydrogens (tertiary/aromatic N) is 2. The van der Waals surface area contributed by atoms with Crippen LogP contribution in [-0.4, -0.2) is 48.6 Å². The van der Waals surface area contributed by atoms with Crippen LogP contribution in [0.15, 0.2) is 28.8 Å². The number of carbonyl (C=O) groups is 1. The van der Waals surface area contributed by atoms with Crippen molar-refractivity contribution in [2.24, 2.45) is 0 Å². The number of hydrogen-bond donors (Lipinski definition) is 2. The molecule has 1 amide bonds. The zero-order valence-corrected chi connectivity index (χ0v) is 15.8. The molecule has 27 heavy (non-hydrogen) atoms. The predicted molar refractivity (Wildman–Crippen MR) is 95.9 cm³/mol. The molecule has 0 aliphatic carbocycles. The molecule has 0 bridgehead atoms. The van der Waals surface area contributed by atoms with E-state index in [4.69, 9.17) is 4.52 Å². The molecule has 2 aromatic rings. The van der Waals surface area contributed by atoms with E-state index >= 15 is 0 Å². The quantitative estimate of drug-likeness (QED) is 0.781. The van der Waals surface area contributed by atoms with Crippen LogP contribution in [0.5, 0.6) is 0 Å². The van der Waals surface area contributed by atoms with Gasteiger partial charge in [0.15, 0.2) is 14.6 Å². The van der Waals surface area contributed by atoms with Gasteiger partial charge in [0.25, 0.3) is 0 Å². The number of carbonyl (C=O) groups excluding carboxylic acids is 1. The summed E-state index contributed by atoms with van der Waals surface area (Å²) in [6.07, 6.45) is 1.48. The SMILES string of the molecule is CC(NC(=O)C1(S(C)(=O)=O)CCNCC1)c1nc(-c2cccc(F)c2)no1. The first-order valence-electron chi connectivity index (χ1n) is 8.54. The maximum atomic E-state index is 13.3. The summed E-state index contributed by atoms with van der Waals surface area (Å²) >= 11 is 0. The number of amides is 1. The van der Waals surface area contributed by atoms with Gasteiger partial charge in [0.2, 0.25) is 17.6 Å². The highest BCUT2D eigenvalue weighted by Crippen LogP contribution is 2.29. The monoisotopic (exact) mass is 396 g/mol. The van der Waals surface area contributed by atoms with Gasteiger partial charge >= 0.3 is 0 Å². The number of piperidine rings is 1. The smallest absolute Gasteiger partial charge is 0.249 e. The molecule has 1 aromatic heterocycles. The van der Waals surface area contributed by atoms with Gasteiger partial charge < -0.3 is 15.2 Å². The zero-order valence-electron chi connectivity index (χ0n) is 15.0. The first-order valence-corrected chi connectivity index (χ1v) is 10.4. The summed E-state index contributed by atoms with van der Waals surface area (Å²) in [5.41, 5.74) is 0.439. The molecular formula is C17H21FN4O4S. The molecule has 1 aliphatic heterocycles. The van der Waals surface area contributed by atoms with E-state index < -0.39 is 32.4 Å². The maximum absolute atomic E-state index is 13.3. The number of halogens is 1. The number of sulfone groups is 1. The Hall–Kier alpha value is -2.33. The van der Waals surface area contributed by atoms with Crippen molar-refractivity contribution in [1.82, 2.24) is 20.8 Å². The minimum absolute atomic E-state index is 0.111. The molecule has 0 saturated carbocycles. The highest BCUT2D eigenvalue weighted by Gasteiger charge is 2.49. The lowest BCUT2D eigenvalue weighted by Gasteiger charge is -2.34. The third kappa shape index (κ3) is 3.86. The highest BCUT2D eigenvalue weighted by molar-refractivity contribution is 7.92. The maximum Gasteiger partial charge on any atom is 0.249 e. The van der Waals surface area contributed by atoms with E-state index in [1.165, 1.54) is 18.2 Å². The Morgan fingerprint density at radius 3 is 2.70 bits per heavy atom. The van der Waals surface area contributed by atoms with Gasteiger partial charge in [-0.25, -0.2) is 12.8 Å². The normalized spacial score (nSPS) is 18.0. The molecule has 1 saturated heterocycles. The average Bonchev–Trinajstić information content (AvgIpc) is 3.11. The molecule has 3 rings (SSSR count). The van der Waals surface area contributed by atoms with Crippen molar-refractivity contribution < 1.29 is 22.1 Å². The molecule has 2 heterocycles. The second kappa shape index (κ2) is 7.35. The second-order valence-corrected chi connectivity index (χ2v) is 9.00. The van der Waals surface area contributed by atoms with Crippen LogP contribution in [0.4, 0.5) is 4.39 Å². The molecule has 1 fully saturated rings. The van der Waals surface area contributed by atoms with E-state index in [-0.39, 0.29) is 24.6 Å². The minimum atomic E-state index is -3.62. The fraction of sp³-hybridized carbons (Fsp3) is 0.471. The van der Waals surface area contributed by atoms with Crippen molar-refractivity contribution in [1.29, 1.82) is 0 Å². The molecule has 10 heteroatoms. The Morgan fingerprint density at radius 1 is 1.37 bits per heavy atom. The Bertz CT molecular complexity index is 938. The van der Waals surface area contributed by atoms with Gasteiger partial charge in [-0.2, -0.15) is 4.98 Å². The van der Waals surface area contributed by atoms with Crippen LogP contribution in [0.1, 0.15) is 31.7 Å². The number of aromatic nitrogens is 2. The Balaban J connectivity index is 1.79. The lowest BCUT2D eigenvalue weighted by atomic mass is 9.95. The molecule has 0 radical (unpaired) electrons. The summed E-state index contributed by atoms with van der Waals surface area (Å²) < 4.78 is 41.7. The van der Waals surface area contributed by atoms with Crippen molar-refractivity contribution in [3.8, 4) is 11.4 Å². The predicted octanol–water partition coefficient (Wildman–Crippen LogP) is 1.22. The molecule has 1 aromatic carbocycles. The highest BCUT2D eigenvalue weighted by atomic mass is 32.2. The minimum Gasteiger partial charge on any atom is -0.343 e. The molecule has 146 valence electrons. The molecule has 1 unspecified atom stereocenters. The summed E-state index contributed by atoms with van der Waals surface area (Å²) in [5.74, 6) is -0.712. The summed E-state index contributed by atoms with van der Waals surface area (Å²) in [5, 5.41) is 9.54. The number of benzene rings is 1. The Morgan fingerprint density at radius 2 is 2.07 bits per heavy atom. The van der Waals surface area contributed by atoms with Gasteiger partial charge in [-0.1, -0.05) is 17.3 Å². The van der Waals surface area contributed by atoms with E-state index in [1.807, 2.05) is 0 Å². The zero-order chi connectivity index (χ0) is 19.7. The number of hydrogen-bond acceptors (Lipinski definition) is 7. The lowest BCUT2D eigenvalue weighted by molar-refractivity contribution is -0.125. The van der Waals surface area contributed by atoms with Crippen LogP contribution >= 0.6 is 0 Å². The van der Waals surface area contributed by atoms with Crippen LogP contribution in [0.3, 0.4) is 0 Å². The molecular weight excluding hydrogens is 375 g/mol. The van der Waals surface area contributed by atoms with Crippen LogP contribution < -0.4 is 10.6 Å². The van der Waals surface area contributed by atoms with E-state index in [0.29, 0.717) is 18.7 Å². The Labute approximate surface area is 156 Å². The van der Waals surface area contributed by atoms with Crippen LogP contribution in [0.2, 0.25) is 0 Å². The van der Waals surface area contributed by atoms with Gasteiger partial charge in [0.05, 0.1) is 0 Å². The van der Waals surface area contributed by atoms with Gasteiger partial charge in [0.1, 0.15) is 11.9 Å². The molecule has 0 spiro atoms. The van der Waals surface area contributed by atoms with Gasteiger partial charge in [-0.05, 0) is 45.0 Å². The van der Waals surface area contributed by atoms with E-state index in [1.54, 1.807) is 13.0 Å². The van der Waals surface area contributed by atoms with Gasteiger partial charge in [0, 0.05) is 11.8 Å². The van der Waals surface area contributed by atoms with E-state index in [0.717, 1.165) is 6.26 Å². The van der Waals surface area contributed by atoms with Crippen LogP contribution in [-0.2, 0) is 14.6 Å². The fourth-order valence-corrected chi connectivity index (χ4v) is 4.48. The first-order chi connectivity index (χ1) is 12.7. The topological polar surface area (TPSA) is 114 Å². The summed E-state index contributed by atoms with van der Waals surface area (Å²) in [4.78, 5) is 17.0. The van der Waals surface area contributed by atoms with E-state index in [9.17, 15) is 17.6 Å². The average molecular weight is 396 g/mol. The second-order valence-electron chi connectivity index (χ2n) is 6.68. The molecule has 8 nitrogen and oxygen atoms in total. The van der Waals surface area contributed by atoms with Crippen molar-refractivity contribution in [2.45, 2.75) is 30.6 Å². The molecule has 1 atom stereocenters. The Kier molecular flexibility index (Phi) is 5.29. The largest absolute Gasteiger partial charge is 0.343 e. The van der Waals surface area contributed by atoms with Crippen molar-refractivity contribution in [3.63, 3.8) is 0 Å².